The number of hydrogen-bond donors (Lipinski definition) is 3. The summed E-state index contributed by atoms with van der Waals surface area (Å²) >= 11 is 0. The fraction of sp³-hybridized carbons (Fsp3) is 0.450. The van der Waals surface area contributed by atoms with Crippen LogP contribution in [0, 0.1) is 18.3 Å². The number of hydrogen-bond acceptors (Lipinski definition) is 3. The Morgan fingerprint density at radius 3 is 2.96 bits per heavy atom. The van der Waals surface area contributed by atoms with Crippen molar-refractivity contribution in [2.75, 3.05) is 31.5 Å². The van der Waals surface area contributed by atoms with E-state index < -0.39 is 0 Å². The van der Waals surface area contributed by atoms with Crippen molar-refractivity contribution in [2.24, 2.45) is 16.6 Å². The maximum absolute atomic E-state index is 12.2. The van der Waals surface area contributed by atoms with Crippen molar-refractivity contribution in [1.29, 1.82) is 0 Å². The monoisotopic (exact) mass is 369 g/mol. The molecule has 0 aromatic heterocycles. The Hall–Kier alpha value is -3.01. The molecule has 1 aliphatic heterocycles. The smallest absolute Gasteiger partial charge is 0.246 e. The quantitative estimate of drug-likeness (QED) is 0.398. The minimum atomic E-state index is -0.280. The molecular weight excluding hydrogens is 342 g/mol. The van der Waals surface area contributed by atoms with E-state index in [4.69, 9.17) is 12.2 Å². The van der Waals surface area contributed by atoms with Crippen molar-refractivity contribution in [2.45, 2.75) is 26.2 Å². The second kappa shape index (κ2) is 10.2. The second-order valence-corrected chi connectivity index (χ2v) is 6.57. The van der Waals surface area contributed by atoms with E-state index in [1.807, 2.05) is 6.92 Å². The van der Waals surface area contributed by atoms with Gasteiger partial charge in [-0.1, -0.05) is 12.0 Å². The van der Waals surface area contributed by atoms with Crippen LogP contribution in [0.3, 0.4) is 0 Å². The number of amides is 2. The number of aliphatic imine (C=N–C) groups is 1. The highest BCUT2D eigenvalue weighted by atomic mass is 16.2. The van der Waals surface area contributed by atoms with Crippen LogP contribution in [0.1, 0.15) is 31.7 Å². The highest BCUT2D eigenvalue weighted by molar-refractivity contribution is 5.94. The lowest BCUT2D eigenvalue weighted by Gasteiger charge is -2.34. The number of benzene rings is 1. The minimum Gasteiger partial charge on any atom is -0.370 e. The maximum Gasteiger partial charge on any atom is 0.246 e. The minimum absolute atomic E-state index is 0.000396. The molecule has 0 bridgehead atoms. The highest BCUT2D eigenvalue weighted by Crippen LogP contribution is 2.19. The maximum atomic E-state index is 12.2. The molecule has 1 fully saturated rings. The third kappa shape index (κ3) is 6.66. The lowest BCUT2D eigenvalue weighted by molar-refractivity contribution is -0.119. The first-order valence-electron chi connectivity index (χ1n) is 9.20. The van der Waals surface area contributed by atoms with Gasteiger partial charge in [0.05, 0.1) is 0 Å². The number of terminal acetylenes is 1. The lowest BCUT2D eigenvalue weighted by Crippen LogP contribution is -2.47. The molecule has 1 atom stereocenters. The van der Waals surface area contributed by atoms with Crippen LogP contribution in [0.15, 0.2) is 29.3 Å². The number of likely N-dealkylation sites (tertiary alicyclic amines) is 1. The number of rotatable bonds is 6. The summed E-state index contributed by atoms with van der Waals surface area (Å²) in [4.78, 5) is 30.0. The van der Waals surface area contributed by atoms with Gasteiger partial charge in [-0.25, -0.2) is 4.99 Å². The van der Waals surface area contributed by atoms with Crippen molar-refractivity contribution in [1.82, 2.24) is 10.2 Å². The Bertz CT molecular complexity index is 738. The van der Waals surface area contributed by atoms with E-state index in [2.05, 4.69) is 26.4 Å². The first-order chi connectivity index (χ1) is 13.0. The summed E-state index contributed by atoms with van der Waals surface area (Å²) in [7, 11) is 0. The summed E-state index contributed by atoms with van der Waals surface area (Å²) in [5.74, 6) is 2.94. The van der Waals surface area contributed by atoms with Crippen molar-refractivity contribution < 1.29 is 9.59 Å². The molecule has 0 spiro atoms. The van der Waals surface area contributed by atoms with Gasteiger partial charge in [-0.2, -0.15) is 0 Å². The Labute approximate surface area is 160 Å². The van der Waals surface area contributed by atoms with E-state index in [0.29, 0.717) is 36.7 Å². The molecule has 0 aliphatic carbocycles. The number of anilines is 1. The number of nitrogens with one attached hydrogen (secondary N) is 2. The van der Waals surface area contributed by atoms with Crippen molar-refractivity contribution >= 4 is 23.5 Å². The third-order valence-corrected chi connectivity index (χ3v) is 4.33. The largest absolute Gasteiger partial charge is 0.370 e. The van der Waals surface area contributed by atoms with Crippen LogP contribution in [-0.4, -0.2) is 48.9 Å². The number of carbonyl (C=O) groups is 2. The Kier molecular flexibility index (Phi) is 7.68. The highest BCUT2D eigenvalue weighted by Gasteiger charge is 2.23. The summed E-state index contributed by atoms with van der Waals surface area (Å²) < 4.78 is 0. The van der Waals surface area contributed by atoms with Crippen LogP contribution >= 0.6 is 0 Å². The van der Waals surface area contributed by atoms with Gasteiger partial charge < -0.3 is 21.3 Å². The van der Waals surface area contributed by atoms with E-state index in [1.54, 1.807) is 24.3 Å². The molecule has 0 saturated carbocycles. The molecule has 0 radical (unpaired) electrons. The van der Waals surface area contributed by atoms with Crippen molar-refractivity contribution in [3.8, 4) is 12.3 Å². The molecule has 1 unspecified atom stereocenters. The number of primary amides is 1. The molecule has 1 aliphatic rings. The predicted molar refractivity (Wildman–Crippen MR) is 107 cm³/mol. The topological polar surface area (TPSA) is 99.8 Å². The van der Waals surface area contributed by atoms with Crippen LogP contribution in [0.2, 0.25) is 0 Å². The van der Waals surface area contributed by atoms with Gasteiger partial charge in [0, 0.05) is 37.3 Å². The first kappa shape index (κ1) is 20.3. The first-order valence-corrected chi connectivity index (χ1v) is 9.20. The molecule has 7 nitrogen and oxygen atoms in total. The summed E-state index contributed by atoms with van der Waals surface area (Å²) in [5, 5.41) is 6.02. The van der Waals surface area contributed by atoms with Crippen LogP contribution in [0.5, 0.6) is 0 Å². The Morgan fingerprint density at radius 1 is 1.44 bits per heavy atom. The molecule has 1 aromatic rings. The van der Waals surface area contributed by atoms with Crippen LogP contribution in [0.25, 0.3) is 0 Å². The van der Waals surface area contributed by atoms with Crippen LogP contribution in [0.4, 0.5) is 5.69 Å². The summed E-state index contributed by atoms with van der Waals surface area (Å²) in [5.41, 5.74) is 6.68. The average molecular weight is 369 g/mol. The van der Waals surface area contributed by atoms with Gasteiger partial charge in [-0.05, 0) is 43.9 Å². The molecule has 1 aromatic carbocycles. The zero-order chi connectivity index (χ0) is 19.6. The molecule has 2 amide bonds. The van der Waals surface area contributed by atoms with Crippen molar-refractivity contribution in [3.63, 3.8) is 0 Å². The fourth-order valence-electron chi connectivity index (χ4n) is 3.17. The van der Waals surface area contributed by atoms with Gasteiger partial charge in [0.2, 0.25) is 11.8 Å². The van der Waals surface area contributed by atoms with Gasteiger partial charge >= 0.3 is 0 Å². The number of guanidine groups is 1. The SMILES string of the molecule is C#Cc1cccc(NC(=O)CN=C(NCC)N2CCCC(CC(N)=O)C2)c1. The van der Waals surface area contributed by atoms with Crippen LogP contribution < -0.4 is 16.4 Å². The van der Waals surface area contributed by atoms with Crippen LogP contribution in [-0.2, 0) is 9.59 Å². The number of nitrogens with zero attached hydrogens (tertiary/aromatic N) is 2. The molecule has 27 heavy (non-hydrogen) atoms. The Balaban J connectivity index is 1.98. The molecule has 4 N–H and O–H groups in total. The molecule has 1 heterocycles. The lowest BCUT2D eigenvalue weighted by atomic mass is 9.95. The van der Waals surface area contributed by atoms with Gasteiger partial charge in [0.15, 0.2) is 5.96 Å². The normalized spacial score (nSPS) is 17.1. The number of nitrogens with two attached hydrogens (primary N) is 1. The second-order valence-electron chi connectivity index (χ2n) is 6.57. The summed E-state index contributed by atoms with van der Waals surface area (Å²) in [6.07, 6.45) is 7.70. The van der Waals surface area contributed by atoms with E-state index in [0.717, 1.165) is 19.4 Å². The molecular formula is C20H27N5O2. The average Bonchev–Trinajstić information content (AvgIpc) is 2.65. The molecule has 1 saturated heterocycles. The standard InChI is InChI=1S/C20H27N5O2/c1-3-15-7-5-9-17(11-15)24-19(27)13-23-20(22-4-2)25-10-6-8-16(14-25)12-18(21)26/h1,5,7,9,11,16H,4,6,8,10,12-14H2,2H3,(H2,21,26)(H,22,23)(H,24,27). The molecule has 144 valence electrons. The Morgan fingerprint density at radius 2 is 2.26 bits per heavy atom. The van der Waals surface area contributed by atoms with E-state index >= 15 is 0 Å². The molecule has 2 rings (SSSR count). The summed E-state index contributed by atoms with van der Waals surface area (Å²) in [6, 6.07) is 7.12. The number of piperidine rings is 1. The van der Waals surface area contributed by atoms with Gasteiger partial charge in [0.25, 0.3) is 0 Å². The number of carbonyl (C=O) groups excluding carboxylic acids is 2. The van der Waals surface area contributed by atoms with Gasteiger partial charge in [-0.15, -0.1) is 6.42 Å². The van der Waals surface area contributed by atoms with Gasteiger partial charge in [0.1, 0.15) is 6.54 Å². The van der Waals surface area contributed by atoms with E-state index in [1.165, 1.54) is 0 Å². The molecule has 7 heteroatoms. The van der Waals surface area contributed by atoms with E-state index in [9.17, 15) is 9.59 Å². The zero-order valence-corrected chi connectivity index (χ0v) is 15.7. The zero-order valence-electron chi connectivity index (χ0n) is 15.7. The fourth-order valence-corrected chi connectivity index (χ4v) is 3.17. The summed E-state index contributed by atoms with van der Waals surface area (Å²) in [6.45, 7) is 4.22. The third-order valence-electron chi connectivity index (χ3n) is 4.33. The van der Waals surface area contributed by atoms with Gasteiger partial charge in [-0.3, -0.25) is 9.59 Å². The van der Waals surface area contributed by atoms with E-state index in [-0.39, 0.29) is 24.3 Å². The van der Waals surface area contributed by atoms with Crippen molar-refractivity contribution in [3.05, 3.63) is 29.8 Å². The predicted octanol–water partition coefficient (Wildman–Crippen LogP) is 1.16.